The molecule has 0 amide bonds. The number of rotatable bonds is 4. The molecule has 0 spiro atoms. The van der Waals surface area contributed by atoms with E-state index in [2.05, 4.69) is 0 Å². The highest BCUT2D eigenvalue weighted by Crippen LogP contribution is 2.12. The van der Waals surface area contributed by atoms with Crippen molar-refractivity contribution in [2.45, 2.75) is 32.7 Å². The molecule has 0 heterocycles. The van der Waals surface area contributed by atoms with Gasteiger partial charge in [-0.3, -0.25) is 0 Å². The van der Waals surface area contributed by atoms with E-state index >= 15 is 0 Å². The van der Waals surface area contributed by atoms with Crippen LogP contribution in [0.1, 0.15) is 20.8 Å². The third kappa shape index (κ3) is 3.15. The van der Waals surface area contributed by atoms with Crippen LogP contribution in [0.15, 0.2) is 0 Å². The molecule has 0 aromatic carbocycles. The minimum absolute atomic E-state index is 0.530. The van der Waals surface area contributed by atoms with Crippen LogP contribution in [0.25, 0.3) is 0 Å². The van der Waals surface area contributed by atoms with E-state index in [4.69, 9.17) is 9.47 Å². The molecule has 10 heavy (non-hydrogen) atoms. The van der Waals surface area contributed by atoms with Gasteiger partial charge in [-0.25, -0.2) is 0 Å². The lowest BCUT2D eigenvalue weighted by molar-refractivity contribution is -0.211. The van der Waals surface area contributed by atoms with E-state index in [1.165, 1.54) is 7.11 Å². The number of ether oxygens (including phenoxy) is 2. The van der Waals surface area contributed by atoms with Crippen LogP contribution in [0.4, 0.5) is 0 Å². The first kappa shape index (κ1) is 9.88. The minimum Gasteiger partial charge on any atom is -0.385 e. The van der Waals surface area contributed by atoms with Crippen LogP contribution in [-0.4, -0.2) is 30.7 Å². The Kier molecular flexibility index (Phi) is 3.86. The van der Waals surface area contributed by atoms with Gasteiger partial charge in [0.15, 0.2) is 6.29 Å². The predicted octanol–water partition coefficient (Wildman–Crippen LogP) is 0.766. The van der Waals surface area contributed by atoms with Crippen LogP contribution in [0.5, 0.6) is 0 Å². The molecule has 0 saturated carbocycles. The largest absolute Gasteiger partial charge is 0.385 e. The minimum atomic E-state index is -0.926. The van der Waals surface area contributed by atoms with E-state index in [0.29, 0.717) is 6.61 Å². The summed E-state index contributed by atoms with van der Waals surface area (Å²) >= 11 is 0. The van der Waals surface area contributed by atoms with Crippen molar-refractivity contribution in [2.24, 2.45) is 0 Å². The van der Waals surface area contributed by atoms with E-state index in [9.17, 15) is 5.11 Å². The van der Waals surface area contributed by atoms with Crippen LogP contribution in [0, 0.1) is 0 Å². The second-order valence-electron chi connectivity index (χ2n) is 2.68. The summed E-state index contributed by atoms with van der Waals surface area (Å²) in [7, 11) is 1.51. The highest BCUT2D eigenvalue weighted by Gasteiger charge is 2.26. The molecular formula is C7H16O3. The quantitative estimate of drug-likeness (QED) is 0.598. The molecule has 62 valence electrons. The van der Waals surface area contributed by atoms with Gasteiger partial charge in [0.25, 0.3) is 0 Å². The smallest absolute Gasteiger partial charge is 0.185 e. The summed E-state index contributed by atoms with van der Waals surface area (Å²) in [6.07, 6.45) is -0.530. The van der Waals surface area contributed by atoms with Crippen molar-refractivity contribution < 1.29 is 14.6 Å². The molecular weight excluding hydrogens is 132 g/mol. The Hall–Kier alpha value is -0.120. The Morgan fingerprint density at radius 2 is 2.00 bits per heavy atom. The van der Waals surface area contributed by atoms with E-state index < -0.39 is 11.9 Å². The molecule has 0 radical (unpaired) electrons. The first-order chi connectivity index (χ1) is 4.52. The Balaban J connectivity index is 3.81. The zero-order chi connectivity index (χ0) is 8.20. The lowest BCUT2D eigenvalue weighted by Crippen LogP contribution is -2.39. The molecule has 1 atom stereocenters. The van der Waals surface area contributed by atoms with Gasteiger partial charge in [0.1, 0.15) is 5.60 Å². The summed E-state index contributed by atoms with van der Waals surface area (Å²) in [4.78, 5) is 0. The number of hydrogen-bond acceptors (Lipinski definition) is 3. The van der Waals surface area contributed by atoms with Gasteiger partial charge in [0.2, 0.25) is 0 Å². The number of hydrogen-bond donors (Lipinski definition) is 1. The first-order valence-electron chi connectivity index (χ1n) is 3.39. The summed E-state index contributed by atoms with van der Waals surface area (Å²) in [5.41, 5.74) is -0.926. The zero-order valence-electron chi connectivity index (χ0n) is 7.05. The molecule has 3 heteroatoms. The molecule has 0 aliphatic rings. The fraction of sp³-hybridized carbons (Fsp3) is 1.00. The molecule has 0 aliphatic heterocycles. The van der Waals surface area contributed by atoms with Crippen molar-refractivity contribution in [1.82, 2.24) is 0 Å². The highest BCUT2D eigenvalue weighted by atomic mass is 16.7. The van der Waals surface area contributed by atoms with Gasteiger partial charge in [-0.05, 0) is 20.8 Å². The van der Waals surface area contributed by atoms with Crippen molar-refractivity contribution in [1.29, 1.82) is 0 Å². The average Bonchev–Trinajstić information content (AvgIpc) is 1.80. The fourth-order valence-electron chi connectivity index (χ4n) is 0.712. The second-order valence-corrected chi connectivity index (χ2v) is 2.68. The predicted molar refractivity (Wildman–Crippen MR) is 38.7 cm³/mol. The van der Waals surface area contributed by atoms with E-state index in [1.54, 1.807) is 13.8 Å². The zero-order valence-corrected chi connectivity index (χ0v) is 7.05. The SMILES string of the molecule is CCOC(OC)C(C)(C)O. The van der Waals surface area contributed by atoms with Crippen molar-refractivity contribution in [3.63, 3.8) is 0 Å². The molecule has 1 unspecified atom stereocenters. The van der Waals surface area contributed by atoms with Crippen LogP contribution < -0.4 is 0 Å². The van der Waals surface area contributed by atoms with Gasteiger partial charge in [0.05, 0.1) is 0 Å². The van der Waals surface area contributed by atoms with Gasteiger partial charge in [0, 0.05) is 13.7 Å². The number of aliphatic hydroxyl groups is 1. The first-order valence-corrected chi connectivity index (χ1v) is 3.39. The summed E-state index contributed by atoms with van der Waals surface area (Å²) in [6.45, 7) is 5.70. The maximum Gasteiger partial charge on any atom is 0.185 e. The van der Waals surface area contributed by atoms with Gasteiger partial charge in [-0.2, -0.15) is 0 Å². The van der Waals surface area contributed by atoms with E-state index in [0.717, 1.165) is 0 Å². The molecule has 0 aliphatic carbocycles. The molecule has 0 fully saturated rings. The van der Waals surface area contributed by atoms with Crippen molar-refractivity contribution in [3.05, 3.63) is 0 Å². The van der Waals surface area contributed by atoms with Crippen LogP contribution in [0.2, 0.25) is 0 Å². The third-order valence-electron chi connectivity index (χ3n) is 1.11. The Morgan fingerprint density at radius 3 is 2.10 bits per heavy atom. The average molecular weight is 148 g/mol. The lowest BCUT2D eigenvalue weighted by atomic mass is 10.1. The molecule has 0 aromatic rings. The third-order valence-corrected chi connectivity index (χ3v) is 1.11. The Bertz CT molecular complexity index is 85.3. The van der Waals surface area contributed by atoms with Crippen LogP contribution in [-0.2, 0) is 9.47 Å². The van der Waals surface area contributed by atoms with Gasteiger partial charge < -0.3 is 14.6 Å². The number of methoxy groups -OCH3 is 1. The molecule has 0 aromatic heterocycles. The van der Waals surface area contributed by atoms with Crippen LogP contribution >= 0.6 is 0 Å². The Morgan fingerprint density at radius 1 is 1.50 bits per heavy atom. The molecule has 0 saturated heterocycles. The lowest BCUT2D eigenvalue weighted by Gasteiger charge is -2.27. The maximum atomic E-state index is 9.36. The molecule has 1 N–H and O–H groups in total. The van der Waals surface area contributed by atoms with Crippen molar-refractivity contribution >= 4 is 0 Å². The summed E-state index contributed by atoms with van der Waals surface area (Å²) in [5, 5.41) is 9.36. The van der Waals surface area contributed by atoms with Crippen LogP contribution in [0.3, 0.4) is 0 Å². The van der Waals surface area contributed by atoms with E-state index in [1.807, 2.05) is 6.92 Å². The summed E-state index contributed by atoms with van der Waals surface area (Å²) in [5.74, 6) is 0. The van der Waals surface area contributed by atoms with Gasteiger partial charge >= 0.3 is 0 Å². The van der Waals surface area contributed by atoms with Crippen molar-refractivity contribution in [2.75, 3.05) is 13.7 Å². The second kappa shape index (κ2) is 3.91. The molecule has 3 nitrogen and oxygen atoms in total. The van der Waals surface area contributed by atoms with Gasteiger partial charge in [-0.15, -0.1) is 0 Å². The summed E-state index contributed by atoms with van der Waals surface area (Å²) in [6, 6.07) is 0. The molecule has 0 bridgehead atoms. The Labute approximate surface area is 62.0 Å². The molecule has 0 rings (SSSR count). The standard InChI is InChI=1S/C7H16O3/c1-5-10-6(9-4)7(2,3)8/h6,8H,5H2,1-4H3. The monoisotopic (exact) mass is 148 g/mol. The normalized spacial score (nSPS) is 15.3. The van der Waals surface area contributed by atoms with Crippen molar-refractivity contribution in [3.8, 4) is 0 Å². The van der Waals surface area contributed by atoms with E-state index in [-0.39, 0.29) is 0 Å². The fourth-order valence-corrected chi connectivity index (χ4v) is 0.712. The highest BCUT2D eigenvalue weighted by molar-refractivity contribution is 4.69. The summed E-state index contributed by atoms with van der Waals surface area (Å²) < 4.78 is 9.97. The van der Waals surface area contributed by atoms with Gasteiger partial charge in [-0.1, -0.05) is 0 Å². The maximum absolute atomic E-state index is 9.36. The topological polar surface area (TPSA) is 38.7 Å².